The zero-order valence-corrected chi connectivity index (χ0v) is 16.7. The van der Waals surface area contributed by atoms with Crippen LogP contribution in [0.15, 0.2) is 72.8 Å². The molecule has 0 atom stereocenters. The van der Waals surface area contributed by atoms with Crippen LogP contribution in [0.25, 0.3) is 0 Å². The molecule has 5 radical (unpaired) electrons. The second-order valence-electron chi connectivity index (χ2n) is 5.76. The van der Waals surface area contributed by atoms with E-state index < -0.39 is 0 Å². The molecule has 4 nitrogen and oxygen atoms in total. The molecule has 1 aliphatic carbocycles. The zero-order valence-electron chi connectivity index (χ0n) is 15.1. The molecule has 28 heavy (non-hydrogen) atoms. The van der Waals surface area contributed by atoms with Gasteiger partial charge >= 0.3 is 0 Å². The average molecular weight is 406 g/mol. The topological polar surface area (TPSA) is 63.9 Å². The van der Waals surface area contributed by atoms with Gasteiger partial charge in [-0.2, -0.15) is 0 Å². The monoisotopic (exact) mass is 406 g/mol. The predicted molar refractivity (Wildman–Crippen MR) is 108 cm³/mol. The van der Waals surface area contributed by atoms with Crippen molar-refractivity contribution in [2.24, 2.45) is 0 Å². The minimum absolute atomic E-state index is 0. The van der Waals surface area contributed by atoms with E-state index in [1.165, 1.54) is 0 Å². The van der Waals surface area contributed by atoms with Gasteiger partial charge in [-0.05, 0) is 68.5 Å². The molecule has 139 valence electrons. The normalized spacial score (nSPS) is 12.4. The molecule has 3 N–H and O–H groups in total. The first kappa shape index (κ1) is 21.9. The fraction of sp³-hybridized carbons (Fsp3) is 0. The largest absolute Gasteiger partial charge is 0.506 e. The van der Waals surface area contributed by atoms with Gasteiger partial charge in [0.2, 0.25) is 0 Å². The molecule has 3 aromatic rings. The fourth-order valence-electron chi connectivity index (χ4n) is 2.67. The Hall–Kier alpha value is -2.43. The summed E-state index contributed by atoms with van der Waals surface area (Å²) in [5.74, 6) is 0.150. The van der Waals surface area contributed by atoms with Crippen molar-refractivity contribution in [3.63, 3.8) is 0 Å². The third kappa shape index (κ3) is 5.31. The van der Waals surface area contributed by atoms with Crippen molar-refractivity contribution in [1.82, 2.24) is 0 Å². The molecule has 0 aliphatic heterocycles. The van der Waals surface area contributed by atoms with Gasteiger partial charge in [0, 0.05) is 21.7 Å². The number of anilines is 3. The van der Waals surface area contributed by atoms with Crippen molar-refractivity contribution in [2.75, 3.05) is 4.90 Å². The van der Waals surface area contributed by atoms with Crippen molar-refractivity contribution in [1.29, 1.82) is 0 Å². The third-order valence-electron chi connectivity index (χ3n) is 3.92. The van der Waals surface area contributed by atoms with Gasteiger partial charge in [-0.1, -0.05) is 36.4 Å². The Balaban J connectivity index is 0.000000408. The molecular formula is C23H20NO3Ti. The number of para-hydroxylation sites is 6. The van der Waals surface area contributed by atoms with Gasteiger partial charge < -0.3 is 15.3 Å². The molecule has 0 spiro atoms. The zero-order chi connectivity index (χ0) is 19.1. The van der Waals surface area contributed by atoms with Crippen molar-refractivity contribution in [3.8, 4) is 17.2 Å². The smallest absolute Gasteiger partial charge is 0.139 e. The van der Waals surface area contributed by atoms with Crippen LogP contribution < -0.4 is 4.90 Å². The van der Waals surface area contributed by atoms with Crippen LogP contribution in [0.2, 0.25) is 0 Å². The molecule has 1 saturated carbocycles. The van der Waals surface area contributed by atoms with Crippen molar-refractivity contribution in [2.45, 2.75) is 0 Å². The van der Waals surface area contributed by atoms with E-state index in [2.05, 4.69) is 0 Å². The Morgan fingerprint density at radius 3 is 0.929 bits per heavy atom. The van der Waals surface area contributed by atoms with Gasteiger partial charge in [0.1, 0.15) is 17.2 Å². The van der Waals surface area contributed by atoms with Gasteiger partial charge in [-0.25, -0.2) is 0 Å². The average Bonchev–Trinajstić information content (AvgIpc) is 3.26. The first-order valence-electron chi connectivity index (χ1n) is 8.49. The minimum atomic E-state index is 0. The molecule has 0 heterocycles. The molecule has 0 unspecified atom stereocenters. The molecule has 0 amide bonds. The summed E-state index contributed by atoms with van der Waals surface area (Å²) >= 11 is 0. The number of phenolic OH excluding ortho intramolecular Hbond substituents is 3. The van der Waals surface area contributed by atoms with E-state index in [1.54, 1.807) is 77.7 Å². The summed E-state index contributed by atoms with van der Waals surface area (Å²) in [6.45, 7) is 0. The maximum atomic E-state index is 10.2. The van der Waals surface area contributed by atoms with E-state index in [1.807, 2.05) is 32.1 Å². The van der Waals surface area contributed by atoms with Crippen LogP contribution in [0.5, 0.6) is 17.2 Å². The molecule has 5 heteroatoms. The summed E-state index contributed by atoms with van der Waals surface area (Å²) in [7, 11) is 0. The second kappa shape index (κ2) is 10.8. The Morgan fingerprint density at radius 1 is 0.429 bits per heavy atom. The number of nitrogens with zero attached hydrogens (tertiary/aromatic N) is 1. The molecule has 1 fully saturated rings. The quantitative estimate of drug-likeness (QED) is 0.517. The van der Waals surface area contributed by atoms with Crippen molar-refractivity contribution < 1.29 is 37.0 Å². The second-order valence-corrected chi connectivity index (χ2v) is 5.76. The maximum Gasteiger partial charge on any atom is 0.139 e. The summed E-state index contributed by atoms with van der Waals surface area (Å²) in [4.78, 5) is 1.61. The van der Waals surface area contributed by atoms with Crippen LogP contribution in [0.4, 0.5) is 17.1 Å². The number of rotatable bonds is 3. The third-order valence-corrected chi connectivity index (χ3v) is 3.92. The van der Waals surface area contributed by atoms with E-state index in [-0.39, 0.29) is 39.0 Å². The number of aromatic hydroxyl groups is 3. The molecular weight excluding hydrogens is 386 g/mol. The molecule has 0 saturated heterocycles. The first-order valence-corrected chi connectivity index (χ1v) is 8.49. The summed E-state index contributed by atoms with van der Waals surface area (Å²) in [6, 6.07) is 20.3. The van der Waals surface area contributed by atoms with Gasteiger partial charge in [0.15, 0.2) is 0 Å². The van der Waals surface area contributed by atoms with Crippen molar-refractivity contribution >= 4 is 17.1 Å². The molecule has 0 bridgehead atoms. The van der Waals surface area contributed by atoms with E-state index in [9.17, 15) is 15.3 Å². The van der Waals surface area contributed by atoms with E-state index in [4.69, 9.17) is 0 Å². The number of phenols is 3. The summed E-state index contributed by atoms with van der Waals surface area (Å²) in [5, 5.41) is 30.5. The van der Waals surface area contributed by atoms with Crippen LogP contribution in [0.1, 0.15) is 0 Å². The Bertz CT molecular complexity index is 765. The summed E-state index contributed by atoms with van der Waals surface area (Å²) < 4.78 is 0. The SMILES string of the molecule is Oc1ccccc1N(c1ccccc1O)c1ccccc1O.[CH]1[CH][CH][CH][CH]1.[Ti]. The summed E-state index contributed by atoms with van der Waals surface area (Å²) in [6.07, 6.45) is 10.0. The Kier molecular flexibility index (Phi) is 8.43. The molecule has 0 aromatic heterocycles. The van der Waals surface area contributed by atoms with Crippen LogP contribution in [-0.2, 0) is 21.7 Å². The van der Waals surface area contributed by atoms with E-state index in [0.717, 1.165) is 0 Å². The molecule has 3 aromatic carbocycles. The van der Waals surface area contributed by atoms with E-state index in [0.29, 0.717) is 17.1 Å². The van der Waals surface area contributed by atoms with E-state index >= 15 is 0 Å². The number of hydrogen-bond donors (Lipinski definition) is 3. The summed E-state index contributed by atoms with van der Waals surface area (Å²) in [5.41, 5.74) is 1.39. The standard InChI is InChI=1S/C18H15NO3.C5H5.Ti/c20-16-10-4-1-7-13(16)19(14-8-2-5-11-17(14)21)15-9-3-6-12-18(15)22;1-2-4-5-3-1;/h1-12,20-22H;1-5H;. The van der Waals surface area contributed by atoms with Crippen LogP contribution in [0.3, 0.4) is 0 Å². The van der Waals surface area contributed by atoms with Gasteiger partial charge in [0.25, 0.3) is 0 Å². The maximum absolute atomic E-state index is 10.2. The van der Waals surface area contributed by atoms with Crippen LogP contribution in [-0.4, -0.2) is 15.3 Å². The molecule has 4 rings (SSSR count). The number of hydrogen-bond acceptors (Lipinski definition) is 4. The predicted octanol–water partition coefficient (Wildman–Crippen LogP) is 5.29. The Labute approximate surface area is 181 Å². The number of benzene rings is 3. The fourth-order valence-corrected chi connectivity index (χ4v) is 2.67. The Morgan fingerprint density at radius 2 is 0.679 bits per heavy atom. The first-order chi connectivity index (χ1) is 13.2. The van der Waals surface area contributed by atoms with Gasteiger partial charge in [-0.15, -0.1) is 0 Å². The van der Waals surface area contributed by atoms with Gasteiger partial charge in [-0.3, -0.25) is 4.90 Å². The molecule has 1 aliphatic rings. The van der Waals surface area contributed by atoms with Gasteiger partial charge in [0.05, 0.1) is 17.1 Å². The minimum Gasteiger partial charge on any atom is -0.506 e. The van der Waals surface area contributed by atoms with Crippen molar-refractivity contribution in [3.05, 3.63) is 105 Å². The van der Waals surface area contributed by atoms with Crippen LogP contribution in [0, 0.1) is 32.1 Å². The van der Waals surface area contributed by atoms with Crippen LogP contribution >= 0.6 is 0 Å².